The van der Waals surface area contributed by atoms with Crippen molar-refractivity contribution in [3.8, 4) is 34.1 Å². The van der Waals surface area contributed by atoms with Crippen LogP contribution in [0.4, 0.5) is 0 Å². The number of phenolic OH excluding ortho intramolecular Hbond substituents is 1. The SMILES string of the molecule is COc1ccc(-c2cc(=O)cc(-c3ccccc3)o2)cc1O. The van der Waals surface area contributed by atoms with E-state index in [4.69, 9.17) is 9.15 Å². The average molecular weight is 294 g/mol. The molecule has 110 valence electrons. The Morgan fingerprint density at radius 3 is 2.23 bits per heavy atom. The van der Waals surface area contributed by atoms with Crippen molar-refractivity contribution in [3.63, 3.8) is 0 Å². The van der Waals surface area contributed by atoms with E-state index in [2.05, 4.69) is 0 Å². The molecule has 4 nitrogen and oxygen atoms in total. The standard InChI is InChI=1S/C18H14O4/c1-21-16-8-7-13(9-15(16)20)18-11-14(19)10-17(22-18)12-5-3-2-4-6-12/h2-11,20H,1H3. The summed E-state index contributed by atoms with van der Waals surface area (Å²) in [6.45, 7) is 0. The van der Waals surface area contributed by atoms with Crippen LogP contribution in [0.5, 0.6) is 11.5 Å². The monoisotopic (exact) mass is 294 g/mol. The first-order valence-corrected chi connectivity index (χ1v) is 6.75. The van der Waals surface area contributed by atoms with Crippen LogP contribution in [-0.2, 0) is 0 Å². The lowest BCUT2D eigenvalue weighted by Crippen LogP contribution is -1.98. The summed E-state index contributed by atoms with van der Waals surface area (Å²) in [6.07, 6.45) is 0. The molecule has 0 amide bonds. The van der Waals surface area contributed by atoms with Gasteiger partial charge in [-0.05, 0) is 18.2 Å². The lowest BCUT2D eigenvalue weighted by molar-refractivity contribution is 0.373. The molecule has 22 heavy (non-hydrogen) atoms. The fraction of sp³-hybridized carbons (Fsp3) is 0.0556. The summed E-state index contributed by atoms with van der Waals surface area (Å²) in [6, 6.07) is 17.1. The highest BCUT2D eigenvalue weighted by molar-refractivity contribution is 5.65. The third-order valence-electron chi connectivity index (χ3n) is 3.29. The van der Waals surface area contributed by atoms with Gasteiger partial charge in [0.1, 0.15) is 11.5 Å². The molecule has 0 saturated heterocycles. The Morgan fingerprint density at radius 2 is 1.59 bits per heavy atom. The average Bonchev–Trinajstić information content (AvgIpc) is 2.55. The molecule has 0 saturated carbocycles. The van der Waals surface area contributed by atoms with Crippen molar-refractivity contribution in [1.82, 2.24) is 0 Å². The van der Waals surface area contributed by atoms with Gasteiger partial charge in [-0.25, -0.2) is 0 Å². The van der Waals surface area contributed by atoms with Crippen LogP contribution in [0.15, 0.2) is 69.9 Å². The lowest BCUT2D eigenvalue weighted by Gasteiger charge is -2.07. The molecule has 1 heterocycles. The van der Waals surface area contributed by atoms with Gasteiger partial charge in [0.2, 0.25) is 0 Å². The normalized spacial score (nSPS) is 10.4. The van der Waals surface area contributed by atoms with E-state index in [0.717, 1.165) is 5.56 Å². The van der Waals surface area contributed by atoms with Crippen LogP contribution in [-0.4, -0.2) is 12.2 Å². The van der Waals surface area contributed by atoms with Crippen LogP contribution in [0.2, 0.25) is 0 Å². The highest BCUT2D eigenvalue weighted by Gasteiger charge is 2.09. The fourth-order valence-corrected chi connectivity index (χ4v) is 2.21. The number of aromatic hydroxyl groups is 1. The van der Waals surface area contributed by atoms with Crippen molar-refractivity contribution in [1.29, 1.82) is 0 Å². The lowest BCUT2D eigenvalue weighted by atomic mass is 10.1. The minimum atomic E-state index is -0.157. The van der Waals surface area contributed by atoms with Crippen LogP contribution in [0.25, 0.3) is 22.6 Å². The van der Waals surface area contributed by atoms with Gasteiger partial charge in [0.15, 0.2) is 16.9 Å². The molecule has 4 heteroatoms. The van der Waals surface area contributed by atoms with E-state index >= 15 is 0 Å². The quantitative estimate of drug-likeness (QED) is 0.800. The summed E-state index contributed by atoms with van der Waals surface area (Å²) in [5.41, 5.74) is 1.27. The molecule has 2 aromatic carbocycles. The van der Waals surface area contributed by atoms with Crippen molar-refractivity contribution in [3.05, 3.63) is 70.9 Å². The van der Waals surface area contributed by atoms with Crippen LogP contribution in [0.1, 0.15) is 0 Å². The van der Waals surface area contributed by atoms with Gasteiger partial charge in [-0.1, -0.05) is 30.3 Å². The molecule has 0 spiro atoms. The van der Waals surface area contributed by atoms with Crippen molar-refractivity contribution in [2.45, 2.75) is 0 Å². The third-order valence-corrected chi connectivity index (χ3v) is 3.29. The molecule has 0 unspecified atom stereocenters. The predicted molar refractivity (Wildman–Crippen MR) is 84.1 cm³/mol. The maximum absolute atomic E-state index is 11.9. The van der Waals surface area contributed by atoms with E-state index in [9.17, 15) is 9.90 Å². The Labute approximate surface area is 127 Å². The molecule has 0 bridgehead atoms. The number of hydrogen-bond donors (Lipinski definition) is 1. The number of methoxy groups -OCH3 is 1. The van der Waals surface area contributed by atoms with Gasteiger partial charge >= 0.3 is 0 Å². The summed E-state index contributed by atoms with van der Waals surface area (Å²) >= 11 is 0. The Balaban J connectivity index is 2.10. The number of ether oxygens (including phenoxy) is 1. The van der Waals surface area contributed by atoms with E-state index in [1.807, 2.05) is 30.3 Å². The van der Waals surface area contributed by atoms with Crippen molar-refractivity contribution < 1.29 is 14.3 Å². The summed E-state index contributed by atoms with van der Waals surface area (Å²) in [4.78, 5) is 11.9. The van der Waals surface area contributed by atoms with E-state index in [1.165, 1.54) is 25.3 Å². The topological polar surface area (TPSA) is 59.7 Å². The molecule has 0 atom stereocenters. The number of benzene rings is 2. The maximum Gasteiger partial charge on any atom is 0.186 e. The van der Waals surface area contributed by atoms with Crippen LogP contribution >= 0.6 is 0 Å². The first-order chi connectivity index (χ1) is 10.7. The second-order valence-corrected chi connectivity index (χ2v) is 4.77. The van der Waals surface area contributed by atoms with Crippen molar-refractivity contribution in [2.75, 3.05) is 7.11 Å². The van der Waals surface area contributed by atoms with Crippen LogP contribution in [0, 0.1) is 0 Å². The minimum absolute atomic E-state index is 0.00670. The molecule has 1 aromatic heterocycles. The molecule has 0 fully saturated rings. The summed E-state index contributed by atoms with van der Waals surface area (Å²) in [5, 5.41) is 9.86. The zero-order valence-corrected chi connectivity index (χ0v) is 11.9. The molecule has 0 radical (unpaired) electrons. The first kappa shape index (κ1) is 13.9. The second-order valence-electron chi connectivity index (χ2n) is 4.77. The molecule has 0 aliphatic heterocycles. The van der Waals surface area contributed by atoms with Crippen LogP contribution in [0.3, 0.4) is 0 Å². The zero-order chi connectivity index (χ0) is 15.5. The maximum atomic E-state index is 11.9. The Hall–Kier alpha value is -3.01. The molecular formula is C18H14O4. The summed E-state index contributed by atoms with van der Waals surface area (Å²) in [5.74, 6) is 1.24. The molecule has 3 aromatic rings. The second kappa shape index (κ2) is 5.77. The molecule has 0 aliphatic rings. The highest BCUT2D eigenvalue weighted by Crippen LogP contribution is 2.32. The first-order valence-electron chi connectivity index (χ1n) is 6.75. The smallest absolute Gasteiger partial charge is 0.186 e. The largest absolute Gasteiger partial charge is 0.504 e. The van der Waals surface area contributed by atoms with Gasteiger partial charge in [-0.15, -0.1) is 0 Å². The fourth-order valence-electron chi connectivity index (χ4n) is 2.21. The van der Waals surface area contributed by atoms with Gasteiger partial charge in [-0.2, -0.15) is 0 Å². The van der Waals surface area contributed by atoms with Gasteiger partial charge in [0.05, 0.1) is 7.11 Å². The Morgan fingerprint density at radius 1 is 0.909 bits per heavy atom. The number of rotatable bonds is 3. The van der Waals surface area contributed by atoms with Crippen molar-refractivity contribution in [2.24, 2.45) is 0 Å². The third kappa shape index (κ3) is 2.72. The van der Waals surface area contributed by atoms with Crippen molar-refractivity contribution >= 4 is 0 Å². The van der Waals surface area contributed by atoms with E-state index in [0.29, 0.717) is 22.8 Å². The predicted octanol–water partition coefficient (Wildman–Crippen LogP) is 3.69. The molecule has 3 rings (SSSR count). The van der Waals surface area contributed by atoms with E-state index in [1.54, 1.807) is 12.1 Å². The van der Waals surface area contributed by atoms with Crippen LogP contribution < -0.4 is 10.2 Å². The zero-order valence-electron chi connectivity index (χ0n) is 11.9. The molecule has 1 N–H and O–H groups in total. The van der Waals surface area contributed by atoms with Gasteiger partial charge in [0.25, 0.3) is 0 Å². The summed E-state index contributed by atoms with van der Waals surface area (Å²) < 4.78 is 10.8. The van der Waals surface area contributed by atoms with Gasteiger partial charge in [0, 0.05) is 23.3 Å². The molecular weight excluding hydrogens is 280 g/mol. The van der Waals surface area contributed by atoms with Gasteiger partial charge < -0.3 is 14.3 Å². The Bertz CT molecular complexity index is 850. The van der Waals surface area contributed by atoms with Gasteiger partial charge in [-0.3, -0.25) is 4.79 Å². The summed E-state index contributed by atoms with van der Waals surface area (Å²) in [7, 11) is 1.48. The van der Waals surface area contributed by atoms with E-state index < -0.39 is 0 Å². The molecule has 0 aliphatic carbocycles. The Kier molecular flexibility index (Phi) is 3.66. The number of phenols is 1. The minimum Gasteiger partial charge on any atom is -0.504 e. The number of hydrogen-bond acceptors (Lipinski definition) is 4. The highest BCUT2D eigenvalue weighted by atomic mass is 16.5. The van der Waals surface area contributed by atoms with E-state index in [-0.39, 0.29) is 11.2 Å².